The number of ketones is 1. The molecule has 0 aliphatic rings. The molecule has 0 bridgehead atoms. The Hall–Kier alpha value is -3.78. The van der Waals surface area contributed by atoms with Gasteiger partial charge in [0.25, 0.3) is 0 Å². The number of carbonyl (C=O) groups excluding carboxylic acids is 2. The van der Waals surface area contributed by atoms with Crippen molar-refractivity contribution >= 4 is 29.1 Å². The van der Waals surface area contributed by atoms with Crippen LogP contribution in [0, 0.1) is 13.8 Å². The van der Waals surface area contributed by atoms with Gasteiger partial charge in [0.1, 0.15) is 0 Å². The molecule has 4 rings (SSSR count). The van der Waals surface area contributed by atoms with E-state index in [1.807, 2.05) is 29.7 Å². The molecule has 0 saturated carbocycles. The number of nitrogens with one attached hydrogen (secondary N) is 1. The number of nitrogens with zero attached hydrogens (tertiary/aromatic N) is 4. The molecule has 2 aromatic carbocycles. The summed E-state index contributed by atoms with van der Waals surface area (Å²) in [5, 5.41) is 11.9. The number of pyridine rings is 1. The number of aromatic nitrogens is 4. The molecule has 1 amide bonds. The molecule has 0 fully saturated rings. The topological polar surface area (TPSA) is 89.8 Å². The van der Waals surface area contributed by atoms with Gasteiger partial charge in [-0.1, -0.05) is 17.8 Å². The largest absolute Gasteiger partial charge is 0.325 e. The molecule has 1 N–H and O–H groups in total. The Labute approximate surface area is 202 Å². The maximum atomic E-state index is 12.9. The second-order valence-electron chi connectivity index (χ2n) is 8.03. The van der Waals surface area contributed by atoms with E-state index in [-0.39, 0.29) is 11.7 Å². The Morgan fingerprint density at radius 2 is 1.65 bits per heavy atom. The fourth-order valence-electron chi connectivity index (χ4n) is 3.38. The zero-order chi connectivity index (χ0) is 24.2. The number of hydrogen-bond acceptors (Lipinski definition) is 6. The van der Waals surface area contributed by atoms with Gasteiger partial charge >= 0.3 is 0 Å². The Morgan fingerprint density at radius 3 is 2.29 bits per heavy atom. The molecule has 2 aromatic heterocycles. The van der Waals surface area contributed by atoms with Crippen molar-refractivity contribution in [2.75, 3.05) is 5.32 Å². The normalized spacial score (nSPS) is 11.8. The second-order valence-corrected chi connectivity index (χ2v) is 9.34. The van der Waals surface area contributed by atoms with Crippen LogP contribution >= 0.6 is 11.8 Å². The lowest BCUT2D eigenvalue weighted by molar-refractivity contribution is -0.115. The van der Waals surface area contributed by atoms with E-state index in [9.17, 15) is 9.59 Å². The van der Waals surface area contributed by atoms with Crippen LogP contribution in [-0.4, -0.2) is 36.7 Å². The van der Waals surface area contributed by atoms with Gasteiger partial charge in [0.05, 0.1) is 10.9 Å². The lowest BCUT2D eigenvalue weighted by Gasteiger charge is -2.15. The summed E-state index contributed by atoms with van der Waals surface area (Å²) in [5.41, 5.74) is 5.40. The number of amides is 1. The first-order valence-electron chi connectivity index (χ1n) is 10.9. The number of Topliss-reactive ketones (excluding diaryl/α,β-unsaturated/α-hetero) is 1. The van der Waals surface area contributed by atoms with Gasteiger partial charge in [-0.3, -0.25) is 19.1 Å². The summed E-state index contributed by atoms with van der Waals surface area (Å²) < 4.78 is 1.97. The minimum Gasteiger partial charge on any atom is -0.325 e. The molecule has 0 aliphatic carbocycles. The first-order valence-corrected chi connectivity index (χ1v) is 11.7. The lowest BCUT2D eigenvalue weighted by atomic mass is 10.1. The monoisotopic (exact) mass is 471 g/mol. The minimum absolute atomic E-state index is 0.0162. The number of thioether (sulfide) groups is 1. The number of aryl methyl sites for hydroxylation is 2. The van der Waals surface area contributed by atoms with Crippen molar-refractivity contribution < 1.29 is 9.59 Å². The van der Waals surface area contributed by atoms with Crippen molar-refractivity contribution in [1.29, 1.82) is 0 Å². The predicted molar refractivity (Wildman–Crippen MR) is 134 cm³/mol. The molecule has 1 unspecified atom stereocenters. The van der Waals surface area contributed by atoms with Crippen molar-refractivity contribution in [2.24, 2.45) is 0 Å². The summed E-state index contributed by atoms with van der Waals surface area (Å²) in [6.07, 6.45) is 3.43. The van der Waals surface area contributed by atoms with Crippen LogP contribution in [0.4, 0.5) is 5.69 Å². The predicted octanol–water partition coefficient (Wildman–Crippen LogP) is 5.27. The number of rotatable bonds is 7. The summed E-state index contributed by atoms with van der Waals surface area (Å²) in [4.78, 5) is 28.5. The van der Waals surface area contributed by atoms with Crippen LogP contribution in [-0.2, 0) is 4.79 Å². The third-order valence-electron chi connectivity index (χ3n) is 5.53. The van der Waals surface area contributed by atoms with Crippen molar-refractivity contribution in [1.82, 2.24) is 19.7 Å². The van der Waals surface area contributed by atoms with E-state index in [1.54, 1.807) is 36.7 Å². The summed E-state index contributed by atoms with van der Waals surface area (Å²) in [7, 11) is 0. The van der Waals surface area contributed by atoms with Crippen molar-refractivity contribution in [3.63, 3.8) is 0 Å². The third kappa shape index (κ3) is 5.07. The van der Waals surface area contributed by atoms with Gasteiger partial charge in [0, 0.05) is 29.2 Å². The van der Waals surface area contributed by atoms with Crippen LogP contribution in [0.3, 0.4) is 0 Å². The molecular weight excluding hydrogens is 446 g/mol. The quantitative estimate of drug-likeness (QED) is 0.292. The standard InChI is InChI=1S/C26H25N5O2S/c1-16-5-10-23(15-17(16)2)31-24(21-11-13-27-14-12-21)29-30-26(31)34-19(4)25(33)28-22-8-6-20(7-9-22)18(3)32/h5-15,19H,1-4H3,(H,28,33). The maximum Gasteiger partial charge on any atom is 0.237 e. The molecule has 0 radical (unpaired) electrons. The Kier molecular flexibility index (Phi) is 6.88. The van der Waals surface area contributed by atoms with E-state index in [2.05, 4.69) is 46.5 Å². The van der Waals surface area contributed by atoms with E-state index >= 15 is 0 Å². The van der Waals surface area contributed by atoms with Gasteiger partial charge in [0.2, 0.25) is 5.91 Å². The van der Waals surface area contributed by atoms with Crippen molar-refractivity contribution in [3.05, 3.63) is 83.7 Å². The van der Waals surface area contributed by atoms with Gasteiger partial charge < -0.3 is 5.32 Å². The molecular formula is C26H25N5O2S. The Balaban J connectivity index is 1.62. The maximum absolute atomic E-state index is 12.9. The van der Waals surface area contributed by atoms with Crippen LogP contribution in [0.15, 0.2) is 72.1 Å². The van der Waals surface area contributed by atoms with Crippen molar-refractivity contribution in [3.8, 4) is 17.1 Å². The van der Waals surface area contributed by atoms with Crippen LogP contribution in [0.5, 0.6) is 0 Å². The SMILES string of the molecule is CC(=O)c1ccc(NC(=O)C(C)Sc2nnc(-c3ccncc3)n2-c2ccc(C)c(C)c2)cc1. The molecule has 0 aliphatic heterocycles. The molecule has 4 aromatic rings. The second kappa shape index (κ2) is 10.0. The lowest BCUT2D eigenvalue weighted by Crippen LogP contribution is -2.23. The zero-order valence-corrected chi connectivity index (χ0v) is 20.3. The van der Waals surface area contributed by atoms with Crippen LogP contribution in [0.1, 0.15) is 35.3 Å². The van der Waals surface area contributed by atoms with E-state index in [1.165, 1.54) is 24.2 Å². The highest BCUT2D eigenvalue weighted by molar-refractivity contribution is 8.00. The smallest absolute Gasteiger partial charge is 0.237 e. The Bertz CT molecular complexity index is 1330. The highest BCUT2D eigenvalue weighted by Crippen LogP contribution is 2.31. The van der Waals surface area contributed by atoms with Gasteiger partial charge in [-0.2, -0.15) is 0 Å². The molecule has 2 heterocycles. The molecule has 8 heteroatoms. The average Bonchev–Trinajstić information content (AvgIpc) is 3.25. The van der Waals surface area contributed by atoms with E-state index < -0.39 is 5.25 Å². The van der Waals surface area contributed by atoms with E-state index in [4.69, 9.17) is 0 Å². The van der Waals surface area contributed by atoms with Crippen LogP contribution < -0.4 is 5.32 Å². The van der Waals surface area contributed by atoms with Crippen LogP contribution in [0.2, 0.25) is 0 Å². The van der Waals surface area contributed by atoms with Crippen LogP contribution in [0.25, 0.3) is 17.1 Å². The molecule has 172 valence electrons. The van der Waals surface area contributed by atoms with Gasteiger partial charge in [-0.25, -0.2) is 0 Å². The first kappa shape index (κ1) is 23.4. The molecule has 34 heavy (non-hydrogen) atoms. The average molecular weight is 472 g/mol. The number of carbonyl (C=O) groups is 2. The summed E-state index contributed by atoms with van der Waals surface area (Å²) in [5.74, 6) is 0.499. The van der Waals surface area contributed by atoms with Gasteiger partial charge in [-0.05, 0) is 87.4 Å². The first-order chi connectivity index (χ1) is 16.3. The Morgan fingerprint density at radius 1 is 0.941 bits per heavy atom. The highest BCUT2D eigenvalue weighted by atomic mass is 32.2. The number of benzene rings is 2. The fraction of sp³-hybridized carbons (Fsp3) is 0.192. The zero-order valence-electron chi connectivity index (χ0n) is 19.4. The fourth-order valence-corrected chi connectivity index (χ4v) is 4.24. The van der Waals surface area contributed by atoms with Crippen molar-refractivity contribution in [2.45, 2.75) is 38.1 Å². The minimum atomic E-state index is -0.438. The highest BCUT2D eigenvalue weighted by Gasteiger charge is 2.22. The molecule has 1 atom stereocenters. The van der Waals surface area contributed by atoms with Gasteiger partial charge in [-0.15, -0.1) is 10.2 Å². The number of hydrogen-bond donors (Lipinski definition) is 1. The van der Waals surface area contributed by atoms with Gasteiger partial charge in [0.15, 0.2) is 16.8 Å². The third-order valence-corrected chi connectivity index (χ3v) is 6.57. The summed E-state index contributed by atoms with van der Waals surface area (Å²) >= 11 is 1.33. The van der Waals surface area contributed by atoms with E-state index in [0.717, 1.165) is 16.8 Å². The summed E-state index contributed by atoms with van der Waals surface area (Å²) in [6, 6.07) is 16.8. The molecule has 7 nitrogen and oxygen atoms in total. The summed E-state index contributed by atoms with van der Waals surface area (Å²) in [6.45, 7) is 7.48. The van der Waals surface area contributed by atoms with E-state index in [0.29, 0.717) is 22.2 Å². The molecule has 0 saturated heterocycles. The molecule has 0 spiro atoms. The number of anilines is 1.